The molecular weight excluding hydrogens is 657 g/mol. The van der Waals surface area contributed by atoms with Gasteiger partial charge in [-0.15, -0.1) is 0 Å². The van der Waals surface area contributed by atoms with E-state index in [2.05, 4.69) is 179 Å². The molecule has 0 fully saturated rings. The third kappa shape index (κ3) is 4.08. The predicted molar refractivity (Wildman–Crippen MR) is 225 cm³/mol. The van der Waals surface area contributed by atoms with Gasteiger partial charge in [0.1, 0.15) is 0 Å². The SMILES string of the molecule is c1ccc(-c2cnc3c4c5ccc6cc7c(c8ccc(cc4n(-c4ccccc4)c3c2)c5c68)c2ncc(-c3ccccc3)cc2n7-c2ccccc2)cc1. The van der Waals surface area contributed by atoms with Crippen molar-refractivity contribution < 1.29 is 0 Å². The third-order valence-electron chi connectivity index (χ3n) is 11.3. The van der Waals surface area contributed by atoms with Crippen molar-refractivity contribution in [1.29, 1.82) is 0 Å². The lowest BCUT2D eigenvalue weighted by Gasteiger charge is -2.15. The number of nitrogens with zero attached hydrogens (tertiary/aromatic N) is 4. The van der Waals surface area contributed by atoms with Crippen molar-refractivity contribution in [3.05, 3.63) is 182 Å². The molecule has 250 valence electrons. The first-order valence-corrected chi connectivity index (χ1v) is 18.4. The number of hydrogen-bond donors (Lipinski definition) is 0. The first-order valence-electron chi connectivity index (χ1n) is 18.4. The zero-order valence-corrected chi connectivity index (χ0v) is 29.1. The van der Waals surface area contributed by atoms with E-state index in [9.17, 15) is 0 Å². The number of hydrogen-bond acceptors (Lipinski definition) is 2. The Bertz CT molecular complexity index is 3170. The average Bonchev–Trinajstić information content (AvgIpc) is 3.75. The number of rotatable bonds is 4. The molecule has 0 saturated heterocycles. The summed E-state index contributed by atoms with van der Waals surface area (Å²) in [7, 11) is 0. The zero-order valence-electron chi connectivity index (χ0n) is 29.1. The molecule has 0 unspecified atom stereocenters. The van der Waals surface area contributed by atoms with Crippen LogP contribution in [0.3, 0.4) is 0 Å². The molecule has 0 aliphatic carbocycles. The van der Waals surface area contributed by atoms with Crippen LogP contribution < -0.4 is 0 Å². The van der Waals surface area contributed by atoms with Crippen LogP contribution in [0.2, 0.25) is 0 Å². The Labute approximate surface area is 310 Å². The minimum absolute atomic E-state index is 1.01. The summed E-state index contributed by atoms with van der Waals surface area (Å²) in [5.41, 5.74) is 13.3. The normalized spacial score (nSPS) is 12.1. The minimum Gasteiger partial charge on any atom is -0.308 e. The van der Waals surface area contributed by atoms with E-state index in [-0.39, 0.29) is 0 Å². The maximum atomic E-state index is 5.24. The fourth-order valence-electron chi connectivity index (χ4n) is 8.95. The van der Waals surface area contributed by atoms with Crippen molar-refractivity contribution >= 4 is 76.2 Å². The van der Waals surface area contributed by atoms with Crippen LogP contribution in [0, 0.1) is 0 Å². The Morgan fingerprint density at radius 3 is 1.11 bits per heavy atom. The van der Waals surface area contributed by atoms with Gasteiger partial charge in [-0.2, -0.15) is 0 Å². The lowest BCUT2D eigenvalue weighted by molar-refractivity contribution is 1.18. The van der Waals surface area contributed by atoms with Gasteiger partial charge < -0.3 is 9.13 Å². The van der Waals surface area contributed by atoms with E-state index in [1.807, 2.05) is 12.4 Å². The van der Waals surface area contributed by atoms with Gasteiger partial charge in [-0.3, -0.25) is 9.97 Å². The molecule has 8 aromatic carbocycles. The van der Waals surface area contributed by atoms with Crippen molar-refractivity contribution in [1.82, 2.24) is 19.1 Å². The number of aromatic nitrogens is 4. The number of fused-ring (bicyclic) bond motifs is 8. The standard InChI is InChI=1S/C50H30N4/c1-5-13-31(14-6-1)35-27-43-49(51-29-35)47-39-23-21-34-26-42-48(40-24-22-33(45(39)46(34)40)25-41(47)53(43)37-17-9-3-10-18-37)50-44(54(42)38-19-11-4-12-20-38)28-36(30-52-50)32-15-7-2-8-16-32/h1-30H. The topological polar surface area (TPSA) is 35.6 Å². The summed E-state index contributed by atoms with van der Waals surface area (Å²) >= 11 is 0. The molecule has 0 spiro atoms. The molecule has 0 radical (unpaired) electrons. The van der Waals surface area contributed by atoms with Gasteiger partial charge in [-0.25, -0.2) is 0 Å². The van der Waals surface area contributed by atoms with E-state index >= 15 is 0 Å². The summed E-state index contributed by atoms with van der Waals surface area (Å²) in [5, 5.41) is 9.73. The van der Waals surface area contributed by atoms with Gasteiger partial charge in [0.2, 0.25) is 0 Å². The van der Waals surface area contributed by atoms with Gasteiger partial charge in [0.05, 0.1) is 33.1 Å². The predicted octanol–water partition coefficient (Wildman–Crippen LogP) is 12.9. The van der Waals surface area contributed by atoms with Crippen LogP contribution in [0.15, 0.2) is 182 Å². The van der Waals surface area contributed by atoms with Crippen molar-refractivity contribution in [3.63, 3.8) is 0 Å². The molecule has 0 N–H and O–H groups in total. The molecule has 4 nitrogen and oxygen atoms in total. The van der Waals surface area contributed by atoms with E-state index in [0.717, 1.165) is 66.7 Å². The molecule has 0 bridgehead atoms. The largest absolute Gasteiger partial charge is 0.308 e. The molecule has 0 saturated carbocycles. The zero-order chi connectivity index (χ0) is 35.3. The number of para-hydroxylation sites is 2. The molecule has 0 atom stereocenters. The van der Waals surface area contributed by atoms with Crippen molar-refractivity contribution in [2.45, 2.75) is 0 Å². The summed E-state index contributed by atoms with van der Waals surface area (Å²) in [6, 6.07) is 61.0. The molecule has 4 heterocycles. The third-order valence-corrected chi connectivity index (χ3v) is 11.3. The molecule has 12 rings (SSSR count). The molecule has 0 aliphatic heterocycles. The molecule has 54 heavy (non-hydrogen) atoms. The van der Waals surface area contributed by atoms with Crippen LogP contribution in [0.5, 0.6) is 0 Å². The second-order valence-electron chi connectivity index (χ2n) is 14.2. The molecule has 0 amide bonds. The van der Waals surface area contributed by atoms with E-state index in [1.54, 1.807) is 0 Å². The summed E-state index contributed by atoms with van der Waals surface area (Å²) in [6.07, 6.45) is 4.06. The molecule has 4 heteroatoms. The van der Waals surface area contributed by atoms with Crippen LogP contribution in [0.1, 0.15) is 0 Å². The van der Waals surface area contributed by atoms with Gasteiger partial charge in [-0.1, -0.05) is 121 Å². The molecule has 0 aliphatic rings. The van der Waals surface area contributed by atoms with Crippen molar-refractivity contribution in [2.24, 2.45) is 0 Å². The van der Waals surface area contributed by atoms with Crippen molar-refractivity contribution in [3.8, 4) is 33.6 Å². The lowest BCUT2D eigenvalue weighted by Crippen LogP contribution is -1.95. The van der Waals surface area contributed by atoms with Crippen LogP contribution >= 0.6 is 0 Å². The lowest BCUT2D eigenvalue weighted by atomic mass is 9.90. The van der Waals surface area contributed by atoms with E-state index in [0.29, 0.717) is 0 Å². The maximum Gasteiger partial charge on any atom is 0.0970 e. The van der Waals surface area contributed by atoms with Crippen LogP contribution in [-0.4, -0.2) is 19.1 Å². The summed E-state index contributed by atoms with van der Waals surface area (Å²) in [5.74, 6) is 0. The van der Waals surface area contributed by atoms with Gasteiger partial charge in [-0.05, 0) is 92.0 Å². The summed E-state index contributed by atoms with van der Waals surface area (Å²) in [4.78, 5) is 10.5. The maximum absolute atomic E-state index is 5.24. The quantitative estimate of drug-likeness (QED) is 0.173. The molecule has 4 aromatic heterocycles. The van der Waals surface area contributed by atoms with E-state index < -0.39 is 0 Å². The molecular formula is C50H30N4. The highest BCUT2D eigenvalue weighted by atomic mass is 15.0. The van der Waals surface area contributed by atoms with E-state index in [4.69, 9.17) is 9.97 Å². The fourth-order valence-corrected chi connectivity index (χ4v) is 8.95. The van der Waals surface area contributed by atoms with Crippen LogP contribution in [-0.2, 0) is 0 Å². The smallest absolute Gasteiger partial charge is 0.0970 e. The van der Waals surface area contributed by atoms with Gasteiger partial charge >= 0.3 is 0 Å². The second kappa shape index (κ2) is 11.1. The molecule has 12 aromatic rings. The number of benzene rings is 8. The van der Waals surface area contributed by atoms with Crippen LogP contribution in [0.4, 0.5) is 0 Å². The highest BCUT2D eigenvalue weighted by molar-refractivity contribution is 6.37. The first-order chi connectivity index (χ1) is 26.8. The Hall–Kier alpha value is -7.30. The minimum atomic E-state index is 1.01. The van der Waals surface area contributed by atoms with Crippen molar-refractivity contribution in [2.75, 3.05) is 0 Å². The van der Waals surface area contributed by atoms with Gasteiger partial charge in [0.25, 0.3) is 0 Å². The van der Waals surface area contributed by atoms with Gasteiger partial charge in [0.15, 0.2) is 0 Å². The Balaban J connectivity index is 1.21. The second-order valence-corrected chi connectivity index (χ2v) is 14.2. The van der Waals surface area contributed by atoms with Gasteiger partial charge in [0, 0.05) is 45.7 Å². The Kier molecular flexibility index (Phi) is 6.02. The first kappa shape index (κ1) is 29.3. The Morgan fingerprint density at radius 1 is 0.315 bits per heavy atom. The highest BCUT2D eigenvalue weighted by Crippen LogP contribution is 2.47. The number of pyridine rings is 2. The summed E-state index contributed by atoms with van der Waals surface area (Å²) < 4.78 is 4.77. The van der Waals surface area contributed by atoms with Crippen LogP contribution in [0.25, 0.3) is 110 Å². The highest BCUT2D eigenvalue weighted by Gasteiger charge is 2.23. The Morgan fingerprint density at radius 2 is 0.704 bits per heavy atom. The average molecular weight is 687 g/mol. The summed E-state index contributed by atoms with van der Waals surface area (Å²) in [6.45, 7) is 0. The monoisotopic (exact) mass is 686 g/mol. The fraction of sp³-hybridized carbons (Fsp3) is 0. The van der Waals surface area contributed by atoms with E-state index in [1.165, 1.54) is 43.1 Å².